The zero-order valence-electron chi connectivity index (χ0n) is 15.5. The third-order valence-electron chi connectivity index (χ3n) is 4.40. The molecule has 0 saturated carbocycles. The Hall–Kier alpha value is -2.83. The van der Waals surface area contributed by atoms with E-state index in [2.05, 4.69) is 28.9 Å². The Morgan fingerprint density at radius 1 is 0.885 bits per heavy atom. The molecule has 3 rings (SSSR count). The van der Waals surface area contributed by atoms with Gasteiger partial charge >= 0.3 is 0 Å². The Bertz CT molecular complexity index is 795. The summed E-state index contributed by atoms with van der Waals surface area (Å²) in [5.41, 5.74) is 14.5. The summed E-state index contributed by atoms with van der Waals surface area (Å²) in [6.07, 6.45) is 9.99. The first-order valence-electron chi connectivity index (χ1n) is 9.26. The van der Waals surface area contributed by atoms with Gasteiger partial charge in [-0.05, 0) is 37.3 Å². The summed E-state index contributed by atoms with van der Waals surface area (Å²) in [7, 11) is 0. The molecular weight excluding hydrogens is 326 g/mol. The number of aryl methyl sites for hydroxylation is 2. The maximum absolute atomic E-state index is 6.18. The molecule has 0 aliphatic rings. The molecule has 7 nitrogen and oxygen atoms in total. The summed E-state index contributed by atoms with van der Waals surface area (Å²) < 4.78 is 3.54. The molecule has 4 N–H and O–H groups in total. The summed E-state index contributed by atoms with van der Waals surface area (Å²) >= 11 is 0. The molecule has 138 valence electrons. The van der Waals surface area contributed by atoms with E-state index in [-0.39, 0.29) is 0 Å². The monoisotopic (exact) mass is 353 g/mol. The van der Waals surface area contributed by atoms with Crippen LogP contribution in [0.25, 0.3) is 11.6 Å². The number of hydrogen-bond acceptors (Lipinski definition) is 5. The lowest BCUT2D eigenvalue weighted by Crippen LogP contribution is -2.07. The van der Waals surface area contributed by atoms with E-state index in [9.17, 15) is 0 Å². The Balaban J connectivity index is 1.89. The van der Waals surface area contributed by atoms with Crippen LogP contribution in [0, 0.1) is 0 Å². The van der Waals surface area contributed by atoms with Crippen LogP contribution in [0.5, 0.6) is 0 Å². The highest BCUT2D eigenvalue weighted by Crippen LogP contribution is 2.20. The maximum atomic E-state index is 6.18. The van der Waals surface area contributed by atoms with Crippen LogP contribution in [0.3, 0.4) is 0 Å². The molecule has 0 aliphatic heterocycles. The molecule has 0 unspecified atom stereocenters. The Kier molecular flexibility index (Phi) is 5.55. The van der Waals surface area contributed by atoms with Crippen molar-refractivity contribution in [3.05, 3.63) is 42.0 Å². The topological polar surface area (TPSA) is 101 Å². The predicted molar refractivity (Wildman–Crippen MR) is 105 cm³/mol. The van der Waals surface area contributed by atoms with Gasteiger partial charge in [0.1, 0.15) is 23.8 Å². The quantitative estimate of drug-likeness (QED) is 0.647. The molecule has 0 bridgehead atoms. The fourth-order valence-corrected chi connectivity index (χ4v) is 2.95. The van der Waals surface area contributed by atoms with E-state index in [0.29, 0.717) is 23.3 Å². The molecule has 0 spiro atoms. The highest BCUT2D eigenvalue weighted by atomic mass is 15.3. The Morgan fingerprint density at radius 3 is 2.38 bits per heavy atom. The van der Waals surface area contributed by atoms with Crippen LogP contribution in [-0.2, 0) is 12.8 Å². The molecule has 0 saturated heterocycles. The number of nitrogens with two attached hydrogens (primary N) is 2. The molecule has 26 heavy (non-hydrogen) atoms. The van der Waals surface area contributed by atoms with E-state index in [1.54, 1.807) is 4.68 Å². The first kappa shape index (κ1) is 18.0. The van der Waals surface area contributed by atoms with Crippen molar-refractivity contribution in [3.63, 3.8) is 0 Å². The van der Waals surface area contributed by atoms with E-state index < -0.39 is 0 Å². The molecule has 3 heterocycles. The van der Waals surface area contributed by atoms with Crippen LogP contribution in [-0.4, -0.2) is 24.3 Å². The number of unbranched alkanes of at least 4 members (excludes halogenated alkanes) is 2. The van der Waals surface area contributed by atoms with E-state index in [1.165, 1.54) is 11.9 Å². The fraction of sp³-hybridized carbons (Fsp3) is 0.421. The van der Waals surface area contributed by atoms with Crippen molar-refractivity contribution >= 4 is 11.6 Å². The van der Waals surface area contributed by atoms with Crippen molar-refractivity contribution in [3.8, 4) is 11.6 Å². The molecule has 0 amide bonds. The lowest BCUT2D eigenvalue weighted by atomic mass is 10.1. The molecule has 0 aromatic carbocycles. The van der Waals surface area contributed by atoms with E-state index >= 15 is 0 Å². The van der Waals surface area contributed by atoms with Crippen LogP contribution >= 0.6 is 0 Å². The average molecular weight is 353 g/mol. The zero-order chi connectivity index (χ0) is 18.5. The van der Waals surface area contributed by atoms with Gasteiger partial charge in [0.25, 0.3) is 0 Å². The van der Waals surface area contributed by atoms with Gasteiger partial charge in [0.2, 0.25) is 0 Å². The molecule has 0 radical (unpaired) electrons. The molecule has 3 aromatic rings. The standard InChI is InChI=1S/C19H27N7/c1-3-5-7-14-9-16(20)25(12-14)18-11-19(23-13-22-18)26-17(21)10-15(24-26)8-6-4-2/h9-13H,3-8,20-21H2,1-2H3. The van der Waals surface area contributed by atoms with Crippen molar-refractivity contribution in [2.24, 2.45) is 0 Å². The van der Waals surface area contributed by atoms with Gasteiger partial charge < -0.3 is 11.5 Å². The summed E-state index contributed by atoms with van der Waals surface area (Å²) in [4.78, 5) is 8.70. The van der Waals surface area contributed by atoms with Gasteiger partial charge in [0.05, 0.1) is 5.69 Å². The minimum atomic E-state index is 0.574. The third-order valence-corrected chi connectivity index (χ3v) is 4.40. The molecule has 0 aliphatic carbocycles. The van der Waals surface area contributed by atoms with Crippen LogP contribution in [0.15, 0.2) is 30.7 Å². The van der Waals surface area contributed by atoms with Crippen molar-refractivity contribution in [1.82, 2.24) is 24.3 Å². The number of rotatable bonds is 8. The zero-order valence-corrected chi connectivity index (χ0v) is 15.5. The van der Waals surface area contributed by atoms with E-state index in [1.807, 2.05) is 29.0 Å². The van der Waals surface area contributed by atoms with Crippen LogP contribution in [0.1, 0.15) is 50.8 Å². The maximum Gasteiger partial charge on any atom is 0.161 e. The number of anilines is 2. The number of aromatic nitrogens is 5. The third kappa shape index (κ3) is 3.87. The molecule has 0 atom stereocenters. The summed E-state index contributed by atoms with van der Waals surface area (Å²) in [5.74, 6) is 2.58. The highest BCUT2D eigenvalue weighted by molar-refractivity contribution is 5.47. The van der Waals surface area contributed by atoms with Crippen molar-refractivity contribution in [1.29, 1.82) is 0 Å². The molecular formula is C19H27N7. The average Bonchev–Trinajstić information content (AvgIpc) is 3.20. The second kappa shape index (κ2) is 8.03. The van der Waals surface area contributed by atoms with Crippen LogP contribution in [0.2, 0.25) is 0 Å². The van der Waals surface area contributed by atoms with E-state index in [4.69, 9.17) is 11.5 Å². The SMILES string of the molecule is CCCCc1cc(N)n(-c2cc(-n3nc(CCCC)cc3N)ncn2)c1. The van der Waals surface area contributed by atoms with Gasteiger partial charge in [-0.15, -0.1) is 0 Å². The fourth-order valence-electron chi connectivity index (χ4n) is 2.95. The second-order valence-corrected chi connectivity index (χ2v) is 6.56. The first-order chi connectivity index (χ1) is 12.6. The van der Waals surface area contributed by atoms with Crippen LogP contribution < -0.4 is 11.5 Å². The van der Waals surface area contributed by atoms with E-state index in [0.717, 1.165) is 44.2 Å². The van der Waals surface area contributed by atoms with Gasteiger partial charge in [-0.1, -0.05) is 26.7 Å². The minimum Gasteiger partial charge on any atom is -0.385 e. The molecule has 7 heteroatoms. The van der Waals surface area contributed by atoms with Gasteiger partial charge in [-0.2, -0.15) is 9.78 Å². The van der Waals surface area contributed by atoms with Gasteiger partial charge in [-0.3, -0.25) is 4.57 Å². The molecule has 0 fully saturated rings. The largest absolute Gasteiger partial charge is 0.385 e. The highest BCUT2D eigenvalue weighted by Gasteiger charge is 2.11. The van der Waals surface area contributed by atoms with Crippen molar-refractivity contribution in [2.45, 2.75) is 52.4 Å². The minimum absolute atomic E-state index is 0.574. The van der Waals surface area contributed by atoms with Gasteiger partial charge in [-0.25, -0.2) is 9.97 Å². The lowest BCUT2D eigenvalue weighted by Gasteiger charge is -2.07. The number of hydrogen-bond donors (Lipinski definition) is 2. The number of nitrogen functional groups attached to an aromatic ring is 2. The van der Waals surface area contributed by atoms with Gasteiger partial charge in [0.15, 0.2) is 5.82 Å². The van der Waals surface area contributed by atoms with Crippen LogP contribution in [0.4, 0.5) is 11.6 Å². The van der Waals surface area contributed by atoms with Crippen molar-refractivity contribution < 1.29 is 0 Å². The number of nitrogens with zero attached hydrogens (tertiary/aromatic N) is 5. The summed E-state index contributed by atoms with van der Waals surface area (Å²) in [5, 5.41) is 4.58. The summed E-state index contributed by atoms with van der Waals surface area (Å²) in [6, 6.07) is 5.76. The Labute approximate surface area is 154 Å². The lowest BCUT2D eigenvalue weighted by molar-refractivity contribution is 0.746. The first-order valence-corrected chi connectivity index (χ1v) is 9.26. The smallest absolute Gasteiger partial charge is 0.161 e. The summed E-state index contributed by atoms with van der Waals surface area (Å²) in [6.45, 7) is 4.34. The Morgan fingerprint density at radius 2 is 1.62 bits per heavy atom. The predicted octanol–water partition coefficient (Wildman–Crippen LogP) is 3.30. The normalized spacial score (nSPS) is 11.2. The van der Waals surface area contributed by atoms with Gasteiger partial charge in [0, 0.05) is 18.3 Å². The van der Waals surface area contributed by atoms with Crippen molar-refractivity contribution in [2.75, 3.05) is 11.5 Å². The second-order valence-electron chi connectivity index (χ2n) is 6.56. The molecule has 3 aromatic heterocycles.